The Labute approximate surface area is 108 Å². The van der Waals surface area contributed by atoms with Crippen LogP contribution in [-0.2, 0) is 0 Å². The predicted octanol–water partition coefficient (Wildman–Crippen LogP) is 3.08. The number of thiophene rings is 1. The summed E-state index contributed by atoms with van der Waals surface area (Å²) < 4.78 is 13.5. The van der Waals surface area contributed by atoms with Crippen LogP contribution in [0.25, 0.3) is 0 Å². The van der Waals surface area contributed by atoms with Gasteiger partial charge in [0.05, 0.1) is 11.6 Å². The summed E-state index contributed by atoms with van der Waals surface area (Å²) in [6.45, 7) is 1.83. The highest BCUT2D eigenvalue weighted by molar-refractivity contribution is 7.07. The van der Waals surface area contributed by atoms with E-state index < -0.39 is 11.7 Å². The van der Waals surface area contributed by atoms with E-state index in [9.17, 15) is 9.18 Å². The molecule has 1 aromatic heterocycles. The van der Waals surface area contributed by atoms with Gasteiger partial charge in [0.2, 0.25) is 0 Å². The second-order valence-corrected chi connectivity index (χ2v) is 4.70. The fourth-order valence-electron chi connectivity index (χ4n) is 1.57. The van der Waals surface area contributed by atoms with E-state index in [4.69, 9.17) is 5.11 Å². The molecule has 5 heteroatoms. The number of aromatic hydroxyl groups is 1. The molecule has 0 bridgehead atoms. The van der Waals surface area contributed by atoms with Crippen molar-refractivity contribution in [2.24, 2.45) is 0 Å². The highest BCUT2D eigenvalue weighted by atomic mass is 32.1. The average molecular weight is 265 g/mol. The minimum absolute atomic E-state index is 0.0742. The predicted molar refractivity (Wildman–Crippen MR) is 68.3 cm³/mol. The van der Waals surface area contributed by atoms with Gasteiger partial charge in [0, 0.05) is 6.07 Å². The largest absolute Gasteiger partial charge is 0.508 e. The molecule has 0 saturated heterocycles. The van der Waals surface area contributed by atoms with Crippen LogP contribution in [0.15, 0.2) is 35.0 Å². The molecule has 1 heterocycles. The number of carbonyl (C=O) groups excluding carboxylic acids is 1. The third-order valence-corrected chi connectivity index (χ3v) is 3.29. The van der Waals surface area contributed by atoms with Crippen molar-refractivity contribution in [1.82, 2.24) is 5.32 Å². The second-order valence-electron chi connectivity index (χ2n) is 3.92. The molecule has 2 aromatic rings. The van der Waals surface area contributed by atoms with Crippen LogP contribution >= 0.6 is 11.3 Å². The van der Waals surface area contributed by atoms with E-state index in [1.807, 2.05) is 23.8 Å². The number of halogens is 1. The van der Waals surface area contributed by atoms with E-state index in [1.54, 1.807) is 0 Å². The Balaban J connectivity index is 2.12. The Morgan fingerprint density at radius 3 is 2.83 bits per heavy atom. The van der Waals surface area contributed by atoms with Gasteiger partial charge < -0.3 is 10.4 Å². The number of hydrogen-bond donors (Lipinski definition) is 2. The van der Waals surface area contributed by atoms with Gasteiger partial charge in [-0.05, 0) is 41.4 Å². The molecule has 2 rings (SSSR count). The third-order valence-electron chi connectivity index (χ3n) is 2.59. The first-order valence-corrected chi connectivity index (χ1v) is 6.33. The van der Waals surface area contributed by atoms with E-state index in [0.29, 0.717) is 0 Å². The van der Waals surface area contributed by atoms with Crippen LogP contribution < -0.4 is 5.32 Å². The molecule has 0 fully saturated rings. The summed E-state index contributed by atoms with van der Waals surface area (Å²) in [5.41, 5.74) is 0.905. The first kappa shape index (κ1) is 12.6. The summed E-state index contributed by atoms with van der Waals surface area (Å²) >= 11 is 1.54. The first-order valence-electron chi connectivity index (χ1n) is 5.39. The number of nitrogens with one attached hydrogen (secondary N) is 1. The molecule has 18 heavy (non-hydrogen) atoms. The number of carbonyl (C=O) groups is 1. The molecule has 0 radical (unpaired) electrons. The summed E-state index contributed by atoms with van der Waals surface area (Å²) in [4.78, 5) is 11.9. The van der Waals surface area contributed by atoms with Gasteiger partial charge >= 0.3 is 0 Å². The van der Waals surface area contributed by atoms with Gasteiger partial charge in [-0.25, -0.2) is 4.39 Å². The molecule has 0 saturated carbocycles. The van der Waals surface area contributed by atoms with Crippen LogP contribution in [0, 0.1) is 5.82 Å². The Morgan fingerprint density at radius 2 is 2.22 bits per heavy atom. The van der Waals surface area contributed by atoms with E-state index in [1.165, 1.54) is 23.5 Å². The van der Waals surface area contributed by atoms with Crippen LogP contribution in [0.5, 0.6) is 5.75 Å². The first-order chi connectivity index (χ1) is 8.58. The number of amides is 1. The van der Waals surface area contributed by atoms with Crippen molar-refractivity contribution in [3.05, 3.63) is 52.0 Å². The molecule has 1 unspecified atom stereocenters. The van der Waals surface area contributed by atoms with Gasteiger partial charge in [0.1, 0.15) is 11.6 Å². The van der Waals surface area contributed by atoms with Crippen molar-refractivity contribution in [1.29, 1.82) is 0 Å². The maximum Gasteiger partial charge on any atom is 0.254 e. The fraction of sp³-hybridized carbons (Fsp3) is 0.154. The van der Waals surface area contributed by atoms with Gasteiger partial charge in [0.25, 0.3) is 5.91 Å². The van der Waals surface area contributed by atoms with Gasteiger partial charge in [-0.1, -0.05) is 0 Å². The lowest BCUT2D eigenvalue weighted by Gasteiger charge is -2.13. The molecule has 0 aliphatic rings. The Kier molecular flexibility index (Phi) is 3.62. The van der Waals surface area contributed by atoms with Crippen molar-refractivity contribution < 1.29 is 14.3 Å². The lowest BCUT2D eigenvalue weighted by Crippen LogP contribution is -2.27. The Hall–Kier alpha value is -1.88. The minimum atomic E-state index is -0.731. The number of phenolic OH excluding ortho intramolecular Hbond substituents is 1. The van der Waals surface area contributed by atoms with Crippen LogP contribution in [0.2, 0.25) is 0 Å². The lowest BCUT2D eigenvalue weighted by atomic mass is 10.1. The standard InChI is InChI=1S/C13H12FNO2S/c1-8(9-4-5-18-7-9)15-13(17)11-3-2-10(16)6-12(11)14/h2-8,16H,1H3,(H,15,17). The maximum atomic E-state index is 13.5. The molecule has 1 atom stereocenters. The SMILES string of the molecule is CC(NC(=O)c1ccc(O)cc1F)c1ccsc1. The summed E-state index contributed by atoms with van der Waals surface area (Å²) in [5, 5.41) is 15.6. The molecule has 1 amide bonds. The normalized spacial score (nSPS) is 12.1. The van der Waals surface area contributed by atoms with E-state index in [2.05, 4.69) is 5.32 Å². The zero-order chi connectivity index (χ0) is 13.1. The molecule has 2 N–H and O–H groups in total. The van der Waals surface area contributed by atoms with Gasteiger partial charge in [0.15, 0.2) is 0 Å². The summed E-state index contributed by atoms with van der Waals surface area (Å²) in [7, 11) is 0. The van der Waals surface area contributed by atoms with Crippen LogP contribution in [0.4, 0.5) is 4.39 Å². The van der Waals surface area contributed by atoms with Crippen molar-refractivity contribution in [3.8, 4) is 5.75 Å². The smallest absolute Gasteiger partial charge is 0.254 e. The Morgan fingerprint density at radius 1 is 1.44 bits per heavy atom. The molecular weight excluding hydrogens is 253 g/mol. The lowest BCUT2D eigenvalue weighted by molar-refractivity contribution is 0.0936. The van der Waals surface area contributed by atoms with Gasteiger partial charge in [-0.15, -0.1) is 0 Å². The van der Waals surface area contributed by atoms with Crippen molar-refractivity contribution in [3.63, 3.8) is 0 Å². The molecule has 0 aliphatic heterocycles. The topological polar surface area (TPSA) is 49.3 Å². The maximum absolute atomic E-state index is 13.5. The van der Waals surface area contributed by atoms with Crippen molar-refractivity contribution in [2.75, 3.05) is 0 Å². The van der Waals surface area contributed by atoms with Gasteiger partial charge in [-0.2, -0.15) is 11.3 Å². The number of benzene rings is 1. The number of hydrogen-bond acceptors (Lipinski definition) is 3. The van der Waals surface area contributed by atoms with E-state index >= 15 is 0 Å². The Bertz CT molecular complexity index is 554. The monoisotopic (exact) mass is 265 g/mol. The number of phenols is 1. The molecule has 94 valence electrons. The molecular formula is C13H12FNO2S. The van der Waals surface area contributed by atoms with Crippen LogP contribution in [0.3, 0.4) is 0 Å². The molecule has 3 nitrogen and oxygen atoms in total. The average Bonchev–Trinajstić information content (AvgIpc) is 2.81. The van der Waals surface area contributed by atoms with Crippen molar-refractivity contribution in [2.45, 2.75) is 13.0 Å². The fourth-order valence-corrected chi connectivity index (χ4v) is 2.32. The zero-order valence-corrected chi connectivity index (χ0v) is 10.5. The highest BCUT2D eigenvalue weighted by Crippen LogP contribution is 2.18. The summed E-state index contributed by atoms with van der Waals surface area (Å²) in [5.74, 6) is -1.42. The van der Waals surface area contributed by atoms with Crippen LogP contribution in [0.1, 0.15) is 28.9 Å². The van der Waals surface area contributed by atoms with Crippen molar-refractivity contribution >= 4 is 17.2 Å². The second kappa shape index (κ2) is 5.18. The minimum Gasteiger partial charge on any atom is -0.508 e. The molecule has 0 spiro atoms. The summed E-state index contributed by atoms with van der Waals surface area (Å²) in [6.07, 6.45) is 0. The van der Waals surface area contributed by atoms with Gasteiger partial charge in [-0.3, -0.25) is 4.79 Å². The quantitative estimate of drug-likeness (QED) is 0.896. The van der Waals surface area contributed by atoms with E-state index in [-0.39, 0.29) is 17.4 Å². The zero-order valence-electron chi connectivity index (χ0n) is 9.68. The highest BCUT2D eigenvalue weighted by Gasteiger charge is 2.15. The summed E-state index contributed by atoms with van der Waals surface area (Å²) in [6, 6.07) is 5.19. The van der Waals surface area contributed by atoms with Crippen LogP contribution in [-0.4, -0.2) is 11.0 Å². The number of rotatable bonds is 3. The van der Waals surface area contributed by atoms with E-state index in [0.717, 1.165) is 11.6 Å². The molecule has 0 aliphatic carbocycles. The molecule has 1 aromatic carbocycles. The third kappa shape index (κ3) is 2.68.